The van der Waals surface area contributed by atoms with Crippen molar-refractivity contribution in [1.29, 1.82) is 0 Å². The van der Waals surface area contributed by atoms with Gasteiger partial charge in [-0.2, -0.15) is 0 Å². The quantitative estimate of drug-likeness (QED) is 0.872. The second kappa shape index (κ2) is 8.68. The molecule has 25 heavy (non-hydrogen) atoms. The van der Waals surface area contributed by atoms with E-state index >= 15 is 0 Å². The third kappa shape index (κ3) is 5.44. The van der Waals surface area contributed by atoms with Crippen LogP contribution in [-0.2, 0) is 9.59 Å². The number of halogens is 1. The number of carbonyl (C=O) groups is 2. The van der Waals surface area contributed by atoms with E-state index in [0.29, 0.717) is 22.5 Å². The molecule has 1 saturated heterocycles. The number of nitrogens with one attached hydrogen (secondary N) is 1. The largest absolute Gasteiger partial charge is 0.341 e. The van der Waals surface area contributed by atoms with Crippen LogP contribution in [0, 0.1) is 11.8 Å². The molecule has 0 aliphatic carbocycles. The lowest BCUT2D eigenvalue weighted by molar-refractivity contribution is -0.139. The van der Waals surface area contributed by atoms with Gasteiger partial charge in [-0.25, -0.2) is 0 Å². The minimum absolute atomic E-state index is 0.0893. The molecule has 5 nitrogen and oxygen atoms in total. The molecule has 1 aromatic carbocycles. The fourth-order valence-electron chi connectivity index (χ4n) is 3.41. The van der Waals surface area contributed by atoms with E-state index in [0.717, 1.165) is 19.5 Å². The van der Waals surface area contributed by atoms with Crippen LogP contribution < -0.4 is 5.32 Å². The molecule has 1 aromatic rings. The van der Waals surface area contributed by atoms with Gasteiger partial charge in [-0.3, -0.25) is 14.5 Å². The minimum Gasteiger partial charge on any atom is -0.341 e. The average molecular weight is 366 g/mol. The molecule has 2 rings (SSSR count). The normalized spacial score (nSPS) is 21.9. The smallest absolute Gasteiger partial charge is 0.239 e. The highest BCUT2D eigenvalue weighted by molar-refractivity contribution is 6.33. The second-order valence-corrected chi connectivity index (χ2v) is 7.72. The van der Waals surface area contributed by atoms with Crippen molar-refractivity contribution in [1.82, 2.24) is 9.80 Å². The summed E-state index contributed by atoms with van der Waals surface area (Å²) in [6, 6.07) is 6.77. The highest BCUT2D eigenvalue weighted by Crippen LogP contribution is 2.22. The first-order valence-corrected chi connectivity index (χ1v) is 9.19. The number of amides is 2. The number of likely N-dealkylation sites (tertiary alicyclic amines) is 1. The second-order valence-electron chi connectivity index (χ2n) is 7.31. The van der Waals surface area contributed by atoms with Crippen molar-refractivity contribution < 1.29 is 9.59 Å². The number of hydrogen-bond acceptors (Lipinski definition) is 3. The summed E-state index contributed by atoms with van der Waals surface area (Å²) >= 11 is 6.06. The number of anilines is 1. The maximum absolute atomic E-state index is 12.8. The first kappa shape index (κ1) is 19.7. The zero-order valence-corrected chi connectivity index (χ0v) is 16.2. The summed E-state index contributed by atoms with van der Waals surface area (Å²) in [4.78, 5) is 28.7. The number of likely N-dealkylation sites (N-methyl/N-ethyl adjacent to an activating group) is 1. The Kier molecular flexibility index (Phi) is 6.85. The molecular weight excluding hydrogens is 338 g/mol. The Bertz CT molecular complexity index is 612. The van der Waals surface area contributed by atoms with Gasteiger partial charge in [0.25, 0.3) is 0 Å². The molecule has 0 bridgehead atoms. The summed E-state index contributed by atoms with van der Waals surface area (Å²) in [5, 5.41) is 3.29. The maximum atomic E-state index is 12.8. The molecule has 138 valence electrons. The molecule has 0 saturated carbocycles. The van der Waals surface area contributed by atoms with Crippen LogP contribution in [0.3, 0.4) is 0 Å². The van der Waals surface area contributed by atoms with Crippen molar-refractivity contribution in [2.45, 2.75) is 33.2 Å². The SMILES string of the molecule is C[C@@H]1C[C@@H](C)CN(C(=O)[C@@H](C)N(C)CC(=O)Nc2ccccc2Cl)C1. The fourth-order valence-corrected chi connectivity index (χ4v) is 3.59. The van der Waals surface area contributed by atoms with Crippen LogP contribution >= 0.6 is 11.6 Å². The Labute approximate surface area is 155 Å². The van der Waals surface area contributed by atoms with Crippen LogP contribution in [0.25, 0.3) is 0 Å². The highest BCUT2D eigenvalue weighted by Gasteiger charge is 2.30. The molecule has 2 amide bonds. The molecule has 1 aliphatic heterocycles. The summed E-state index contributed by atoms with van der Waals surface area (Å²) in [5.74, 6) is 0.949. The van der Waals surface area contributed by atoms with E-state index in [1.807, 2.05) is 24.0 Å². The number of para-hydroxylation sites is 1. The Balaban J connectivity index is 1.90. The average Bonchev–Trinajstić information content (AvgIpc) is 2.54. The van der Waals surface area contributed by atoms with Gasteiger partial charge in [0.2, 0.25) is 11.8 Å². The highest BCUT2D eigenvalue weighted by atomic mass is 35.5. The third-order valence-corrected chi connectivity index (χ3v) is 5.07. The van der Waals surface area contributed by atoms with Crippen molar-refractivity contribution in [3.8, 4) is 0 Å². The summed E-state index contributed by atoms with van der Waals surface area (Å²) < 4.78 is 0. The first-order chi connectivity index (χ1) is 11.8. The van der Waals surface area contributed by atoms with E-state index in [4.69, 9.17) is 11.6 Å². The monoisotopic (exact) mass is 365 g/mol. The topological polar surface area (TPSA) is 52.7 Å². The lowest BCUT2D eigenvalue weighted by atomic mass is 9.91. The third-order valence-electron chi connectivity index (χ3n) is 4.74. The van der Waals surface area contributed by atoms with Gasteiger partial charge in [-0.1, -0.05) is 37.6 Å². The Morgan fingerprint density at radius 1 is 1.28 bits per heavy atom. The van der Waals surface area contributed by atoms with Crippen LogP contribution in [0.4, 0.5) is 5.69 Å². The van der Waals surface area contributed by atoms with E-state index in [1.165, 1.54) is 0 Å². The summed E-state index contributed by atoms with van der Waals surface area (Å²) in [5.41, 5.74) is 0.584. The van der Waals surface area contributed by atoms with Crippen LogP contribution in [0.5, 0.6) is 0 Å². The standard InChI is InChI=1S/C19H28ClN3O2/c1-13-9-14(2)11-23(10-13)19(25)15(3)22(4)12-18(24)21-17-8-6-5-7-16(17)20/h5-8,13-15H,9-12H2,1-4H3,(H,21,24)/t13-,14-,15-/m1/s1. The maximum Gasteiger partial charge on any atom is 0.239 e. The minimum atomic E-state index is -0.338. The molecule has 1 aliphatic rings. The van der Waals surface area contributed by atoms with Crippen LogP contribution in [0.15, 0.2) is 24.3 Å². The van der Waals surface area contributed by atoms with Crippen molar-refractivity contribution in [2.24, 2.45) is 11.8 Å². The van der Waals surface area contributed by atoms with Gasteiger partial charge in [0.05, 0.1) is 23.3 Å². The predicted octanol–water partition coefficient (Wildman–Crippen LogP) is 3.10. The van der Waals surface area contributed by atoms with Crippen LogP contribution in [-0.4, -0.2) is 54.3 Å². The summed E-state index contributed by atoms with van der Waals surface area (Å²) in [6.07, 6.45) is 1.16. The van der Waals surface area contributed by atoms with Gasteiger partial charge in [0.15, 0.2) is 0 Å². The van der Waals surface area contributed by atoms with Crippen molar-refractivity contribution in [2.75, 3.05) is 32.0 Å². The van der Waals surface area contributed by atoms with Gasteiger partial charge >= 0.3 is 0 Å². The van der Waals surface area contributed by atoms with Gasteiger partial charge < -0.3 is 10.2 Å². The number of piperidine rings is 1. The zero-order chi connectivity index (χ0) is 18.6. The lowest BCUT2D eigenvalue weighted by Gasteiger charge is -2.38. The van der Waals surface area contributed by atoms with Gasteiger partial charge in [-0.15, -0.1) is 0 Å². The van der Waals surface area contributed by atoms with E-state index in [2.05, 4.69) is 19.2 Å². The van der Waals surface area contributed by atoms with Crippen molar-refractivity contribution in [3.05, 3.63) is 29.3 Å². The van der Waals surface area contributed by atoms with Crippen molar-refractivity contribution >= 4 is 29.1 Å². The van der Waals surface area contributed by atoms with Gasteiger partial charge in [0, 0.05) is 13.1 Å². The Hall–Kier alpha value is -1.59. The zero-order valence-electron chi connectivity index (χ0n) is 15.5. The number of rotatable bonds is 5. The molecular formula is C19H28ClN3O2. The predicted molar refractivity (Wildman–Crippen MR) is 102 cm³/mol. The van der Waals surface area contributed by atoms with Gasteiger partial charge in [-0.05, 0) is 44.4 Å². The fraction of sp³-hybridized carbons (Fsp3) is 0.579. The molecule has 0 unspecified atom stereocenters. The first-order valence-electron chi connectivity index (χ1n) is 8.81. The van der Waals surface area contributed by atoms with E-state index < -0.39 is 0 Å². The molecule has 1 heterocycles. The Morgan fingerprint density at radius 3 is 2.48 bits per heavy atom. The molecule has 0 spiro atoms. The van der Waals surface area contributed by atoms with Crippen molar-refractivity contribution in [3.63, 3.8) is 0 Å². The number of benzene rings is 1. The Morgan fingerprint density at radius 2 is 1.88 bits per heavy atom. The van der Waals surface area contributed by atoms with E-state index in [1.54, 1.807) is 24.1 Å². The van der Waals surface area contributed by atoms with E-state index in [9.17, 15) is 9.59 Å². The molecule has 0 radical (unpaired) electrons. The summed E-state index contributed by atoms with van der Waals surface area (Å²) in [7, 11) is 1.80. The molecule has 0 aromatic heterocycles. The molecule has 6 heteroatoms. The molecule has 1 fully saturated rings. The molecule has 1 N–H and O–H groups in total. The number of nitrogens with zero attached hydrogens (tertiary/aromatic N) is 2. The number of hydrogen-bond donors (Lipinski definition) is 1. The number of carbonyl (C=O) groups excluding carboxylic acids is 2. The van der Waals surface area contributed by atoms with E-state index in [-0.39, 0.29) is 24.4 Å². The van der Waals surface area contributed by atoms with Crippen LogP contribution in [0.2, 0.25) is 5.02 Å². The summed E-state index contributed by atoms with van der Waals surface area (Å²) in [6.45, 7) is 7.95. The molecule has 3 atom stereocenters. The van der Waals surface area contributed by atoms with Crippen LogP contribution in [0.1, 0.15) is 27.2 Å². The lowest BCUT2D eigenvalue weighted by Crippen LogP contribution is -2.51. The van der Waals surface area contributed by atoms with Gasteiger partial charge in [0.1, 0.15) is 0 Å².